The molecule has 0 saturated heterocycles. The van der Waals surface area contributed by atoms with E-state index in [-0.39, 0.29) is 10.6 Å². The van der Waals surface area contributed by atoms with Crippen molar-refractivity contribution in [3.8, 4) is 5.75 Å². The topological polar surface area (TPSA) is 63.6 Å². The third-order valence-corrected chi connectivity index (χ3v) is 4.18. The van der Waals surface area contributed by atoms with E-state index < -0.39 is 16.4 Å². The van der Waals surface area contributed by atoms with Crippen molar-refractivity contribution in [2.45, 2.75) is 18.7 Å². The molecule has 0 aliphatic heterocycles. The minimum Gasteiger partial charge on any atom is -0.495 e. The molecule has 0 bridgehead atoms. The van der Waals surface area contributed by atoms with Gasteiger partial charge in [-0.1, -0.05) is 0 Å². The van der Waals surface area contributed by atoms with Crippen LogP contribution >= 0.6 is 0 Å². The number of benzene rings is 1. The first kappa shape index (κ1) is 13.0. The largest absolute Gasteiger partial charge is 0.495 e. The summed E-state index contributed by atoms with van der Waals surface area (Å²) in [6.45, 7) is 3.34. The van der Waals surface area contributed by atoms with Gasteiger partial charge in [-0.15, -0.1) is 0 Å². The van der Waals surface area contributed by atoms with Gasteiger partial charge in [-0.3, -0.25) is 0 Å². The molecule has 0 atom stereocenters. The van der Waals surface area contributed by atoms with Crippen LogP contribution in [0.3, 0.4) is 0 Å². The van der Waals surface area contributed by atoms with Crippen LogP contribution in [0.1, 0.15) is 11.1 Å². The Morgan fingerprint density at radius 3 is 2.31 bits per heavy atom. The van der Waals surface area contributed by atoms with Gasteiger partial charge in [-0.2, -0.15) is 0 Å². The van der Waals surface area contributed by atoms with Crippen LogP contribution in [0.25, 0.3) is 0 Å². The summed E-state index contributed by atoms with van der Waals surface area (Å²) in [6, 6.07) is 3.28. The SMILES string of the molecule is COc1cc(C)c(C)cc1S(=O)(=O)CCO. The highest BCUT2D eigenvalue weighted by Crippen LogP contribution is 2.27. The van der Waals surface area contributed by atoms with Gasteiger partial charge >= 0.3 is 0 Å². The van der Waals surface area contributed by atoms with Gasteiger partial charge < -0.3 is 9.84 Å². The molecule has 1 aromatic carbocycles. The molecule has 1 rings (SSSR count). The van der Waals surface area contributed by atoms with Crippen molar-refractivity contribution in [1.29, 1.82) is 0 Å². The molecule has 0 radical (unpaired) electrons. The minimum absolute atomic E-state index is 0.146. The van der Waals surface area contributed by atoms with Gasteiger partial charge in [0.2, 0.25) is 0 Å². The lowest BCUT2D eigenvalue weighted by Crippen LogP contribution is -2.12. The highest BCUT2D eigenvalue weighted by molar-refractivity contribution is 7.91. The number of ether oxygens (including phenoxy) is 1. The van der Waals surface area contributed by atoms with Crippen LogP contribution in [0.4, 0.5) is 0 Å². The predicted molar refractivity (Wildman–Crippen MR) is 61.6 cm³/mol. The molecule has 0 heterocycles. The molecule has 90 valence electrons. The maximum atomic E-state index is 11.8. The Morgan fingerprint density at radius 1 is 1.25 bits per heavy atom. The van der Waals surface area contributed by atoms with Gasteiger partial charge in [0.05, 0.1) is 19.5 Å². The van der Waals surface area contributed by atoms with E-state index in [4.69, 9.17) is 9.84 Å². The fourth-order valence-corrected chi connectivity index (χ4v) is 2.66. The number of aliphatic hydroxyl groups is 1. The first-order valence-corrected chi connectivity index (χ1v) is 6.56. The third-order valence-electron chi connectivity index (χ3n) is 2.48. The summed E-state index contributed by atoms with van der Waals surface area (Å²) in [6.07, 6.45) is 0. The summed E-state index contributed by atoms with van der Waals surface area (Å²) in [5.74, 6) is 0.0443. The summed E-state index contributed by atoms with van der Waals surface area (Å²) >= 11 is 0. The molecule has 1 aromatic rings. The zero-order valence-corrected chi connectivity index (χ0v) is 10.5. The van der Waals surface area contributed by atoms with Gasteiger partial charge in [0.15, 0.2) is 9.84 Å². The molecule has 5 heteroatoms. The highest BCUT2D eigenvalue weighted by Gasteiger charge is 2.19. The second kappa shape index (κ2) is 4.84. The summed E-state index contributed by atoms with van der Waals surface area (Å²) < 4.78 is 28.7. The normalized spacial score (nSPS) is 11.5. The van der Waals surface area contributed by atoms with Crippen molar-refractivity contribution in [2.75, 3.05) is 19.5 Å². The van der Waals surface area contributed by atoms with Crippen molar-refractivity contribution in [1.82, 2.24) is 0 Å². The molecule has 0 aromatic heterocycles. The molecule has 0 saturated carbocycles. The van der Waals surface area contributed by atoms with Crippen molar-refractivity contribution in [2.24, 2.45) is 0 Å². The number of rotatable bonds is 4. The van der Waals surface area contributed by atoms with E-state index in [9.17, 15) is 8.42 Å². The lowest BCUT2D eigenvalue weighted by molar-refractivity contribution is 0.319. The highest BCUT2D eigenvalue weighted by atomic mass is 32.2. The van der Waals surface area contributed by atoms with E-state index in [0.29, 0.717) is 5.75 Å². The second-order valence-electron chi connectivity index (χ2n) is 3.63. The average Bonchev–Trinajstić information content (AvgIpc) is 2.21. The molecule has 0 aliphatic rings. The van der Waals surface area contributed by atoms with Gasteiger partial charge in [-0.25, -0.2) is 8.42 Å². The van der Waals surface area contributed by atoms with E-state index >= 15 is 0 Å². The van der Waals surface area contributed by atoms with Gasteiger partial charge in [0.25, 0.3) is 0 Å². The predicted octanol–water partition coefficient (Wildman–Crippen LogP) is 1.08. The van der Waals surface area contributed by atoms with Crippen LogP contribution in [0, 0.1) is 13.8 Å². The van der Waals surface area contributed by atoms with Crippen molar-refractivity contribution in [3.05, 3.63) is 23.3 Å². The maximum absolute atomic E-state index is 11.8. The van der Waals surface area contributed by atoms with Gasteiger partial charge in [0, 0.05) is 0 Å². The Morgan fingerprint density at radius 2 is 1.81 bits per heavy atom. The monoisotopic (exact) mass is 244 g/mol. The molecular weight excluding hydrogens is 228 g/mol. The van der Waals surface area contributed by atoms with Gasteiger partial charge in [0.1, 0.15) is 10.6 Å². The van der Waals surface area contributed by atoms with Crippen molar-refractivity contribution < 1.29 is 18.3 Å². The zero-order chi connectivity index (χ0) is 12.3. The average molecular weight is 244 g/mol. The van der Waals surface area contributed by atoms with E-state index in [0.717, 1.165) is 11.1 Å². The lowest BCUT2D eigenvalue weighted by Gasteiger charge is -2.11. The molecule has 0 fully saturated rings. The Bertz CT molecular complexity index is 477. The number of sulfone groups is 1. The smallest absolute Gasteiger partial charge is 0.184 e. The van der Waals surface area contributed by atoms with Crippen LogP contribution in [0.5, 0.6) is 5.75 Å². The Labute approximate surface area is 95.8 Å². The van der Waals surface area contributed by atoms with Crippen molar-refractivity contribution >= 4 is 9.84 Å². The van der Waals surface area contributed by atoms with Gasteiger partial charge in [-0.05, 0) is 37.1 Å². The number of hydrogen-bond acceptors (Lipinski definition) is 4. The maximum Gasteiger partial charge on any atom is 0.184 e. The van der Waals surface area contributed by atoms with Crippen LogP contribution in [0.2, 0.25) is 0 Å². The quantitative estimate of drug-likeness (QED) is 0.860. The first-order chi connectivity index (χ1) is 7.42. The van der Waals surface area contributed by atoms with Crippen LogP contribution in [-0.4, -0.2) is 33.0 Å². The summed E-state index contributed by atoms with van der Waals surface area (Å²) in [4.78, 5) is 0.146. The minimum atomic E-state index is -3.47. The molecule has 1 N–H and O–H groups in total. The lowest BCUT2D eigenvalue weighted by atomic mass is 10.1. The fourth-order valence-electron chi connectivity index (χ4n) is 1.40. The summed E-state index contributed by atoms with van der Waals surface area (Å²) in [5.41, 5.74) is 1.86. The van der Waals surface area contributed by atoms with Crippen molar-refractivity contribution in [3.63, 3.8) is 0 Å². The first-order valence-electron chi connectivity index (χ1n) is 4.91. The number of aliphatic hydroxyl groups excluding tert-OH is 1. The molecule has 0 spiro atoms. The van der Waals surface area contributed by atoms with E-state index in [2.05, 4.69) is 0 Å². The summed E-state index contributed by atoms with van der Waals surface area (Å²) in [5, 5.41) is 8.73. The number of hydrogen-bond donors (Lipinski definition) is 1. The molecule has 4 nitrogen and oxygen atoms in total. The second-order valence-corrected chi connectivity index (χ2v) is 5.71. The van der Waals surface area contributed by atoms with E-state index in [1.807, 2.05) is 13.8 Å². The number of aryl methyl sites for hydroxylation is 2. The summed E-state index contributed by atoms with van der Waals surface area (Å²) in [7, 11) is -2.03. The molecule has 0 amide bonds. The van der Waals surface area contributed by atoms with E-state index in [1.165, 1.54) is 7.11 Å². The van der Waals surface area contributed by atoms with E-state index in [1.54, 1.807) is 12.1 Å². The standard InChI is InChI=1S/C11H16O4S/c1-8-6-10(15-3)11(7-9(8)2)16(13,14)5-4-12/h6-7,12H,4-5H2,1-3H3. The molecule has 16 heavy (non-hydrogen) atoms. The fraction of sp³-hybridized carbons (Fsp3) is 0.455. The van der Waals surface area contributed by atoms with Crippen LogP contribution < -0.4 is 4.74 Å². The Hall–Kier alpha value is -1.07. The zero-order valence-electron chi connectivity index (χ0n) is 9.65. The van der Waals surface area contributed by atoms with Crippen LogP contribution in [0.15, 0.2) is 17.0 Å². The molecular formula is C11H16O4S. The number of methoxy groups -OCH3 is 1. The molecule has 0 aliphatic carbocycles. The Balaban J connectivity index is 3.38. The Kier molecular flexibility index (Phi) is 3.93. The molecule has 0 unspecified atom stereocenters. The third kappa shape index (κ3) is 2.54. The van der Waals surface area contributed by atoms with Crippen LogP contribution in [-0.2, 0) is 9.84 Å².